The number of hydrogen-bond acceptors (Lipinski definition) is 8. The fourth-order valence-corrected chi connectivity index (χ4v) is 3.39. The first-order chi connectivity index (χ1) is 14.2. The minimum Gasteiger partial charge on any atom is -0.290 e. The molecular weight excluding hydrogens is 413 g/mol. The molecule has 0 spiro atoms. The Morgan fingerprint density at radius 1 is 1.27 bits per heavy atom. The van der Waals surface area contributed by atoms with E-state index in [9.17, 15) is 24.2 Å². The van der Waals surface area contributed by atoms with Crippen molar-refractivity contribution < 1.29 is 23.8 Å². The monoisotopic (exact) mass is 434 g/mol. The maximum atomic E-state index is 13.4. The molecular formula is C19H21N3O7P+. The summed E-state index contributed by atoms with van der Waals surface area (Å²) in [5.74, 6) is -1.00. The molecule has 1 heterocycles. The van der Waals surface area contributed by atoms with Crippen molar-refractivity contribution in [3.8, 4) is 6.07 Å². The SMILES string of the molecule is CCn1c(C(=O)c2cc(C)cc(C#N)c2)c(C(C)C)c(=O)n(CO[P+](=O)OO)c1=O. The molecule has 1 aromatic carbocycles. The average molecular weight is 434 g/mol. The Hall–Kier alpha value is -2.96. The molecule has 2 aromatic rings. The minimum absolute atomic E-state index is 0.0689. The van der Waals surface area contributed by atoms with Gasteiger partial charge < -0.3 is 0 Å². The van der Waals surface area contributed by atoms with Gasteiger partial charge in [-0.25, -0.2) is 14.6 Å². The van der Waals surface area contributed by atoms with E-state index in [4.69, 9.17) is 5.26 Å². The van der Waals surface area contributed by atoms with Crippen LogP contribution in [0, 0.1) is 18.3 Å². The van der Waals surface area contributed by atoms with Crippen molar-refractivity contribution in [3.63, 3.8) is 0 Å². The lowest BCUT2D eigenvalue weighted by molar-refractivity contribution is -0.143. The maximum Gasteiger partial charge on any atom is 0.730 e. The van der Waals surface area contributed by atoms with Crippen molar-refractivity contribution in [1.82, 2.24) is 9.13 Å². The van der Waals surface area contributed by atoms with Crippen LogP contribution in [0.4, 0.5) is 0 Å². The topological polar surface area (TPSA) is 141 Å². The second-order valence-electron chi connectivity index (χ2n) is 6.77. The summed E-state index contributed by atoms with van der Waals surface area (Å²) < 4.78 is 21.2. The largest absolute Gasteiger partial charge is 0.730 e. The van der Waals surface area contributed by atoms with Crippen LogP contribution in [-0.2, 0) is 27.0 Å². The number of ketones is 1. The summed E-state index contributed by atoms with van der Waals surface area (Å²) in [5.41, 5.74) is -0.475. The van der Waals surface area contributed by atoms with E-state index in [1.165, 1.54) is 6.07 Å². The lowest BCUT2D eigenvalue weighted by Gasteiger charge is -2.19. The molecule has 30 heavy (non-hydrogen) atoms. The minimum atomic E-state index is -2.93. The fraction of sp³-hybridized carbons (Fsp3) is 0.368. The standard InChI is InChI=1S/C19H20N3O7P/c1-5-21-16(17(23)14-7-12(4)6-13(8-14)9-20)15(11(2)3)18(24)22(19(21)25)10-28-30(27)29-26/h6-8,11H,5,10H2,1-4H3/p+1. The smallest absolute Gasteiger partial charge is 0.290 e. The van der Waals surface area contributed by atoms with Gasteiger partial charge in [0.2, 0.25) is 5.78 Å². The summed E-state index contributed by atoms with van der Waals surface area (Å²) in [4.78, 5) is 39.3. The summed E-state index contributed by atoms with van der Waals surface area (Å²) in [5, 5.41) is 17.6. The number of nitrogens with zero attached hydrogens (tertiary/aromatic N) is 3. The highest BCUT2D eigenvalue weighted by molar-refractivity contribution is 7.33. The molecule has 0 fully saturated rings. The van der Waals surface area contributed by atoms with Crippen molar-refractivity contribution in [1.29, 1.82) is 5.26 Å². The molecule has 1 N–H and O–H groups in total. The molecule has 10 nitrogen and oxygen atoms in total. The Morgan fingerprint density at radius 3 is 2.47 bits per heavy atom. The molecule has 0 bridgehead atoms. The Kier molecular flexibility index (Phi) is 7.54. The third kappa shape index (κ3) is 4.61. The molecule has 0 saturated heterocycles. The van der Waals surface area contributed by atoms with E-state index >= 15 is 0 Å². The normalized spacial score (nSPS) is 11.4. The van der Waals surface area contributed by atoms with Crippen LogP contribution in [0.25, 0.3) is 0 Å². The van der Waals surface area contributed by atoms with E-state index in [1.54, 1.807) is 39.8 Å². The summed E-state index contributed by atoms with van der Waals surface area (Å²) in [6, 6.07) is 6.58. The van der Waals surface area contributed by atoms with E-state index in [0.29, 0.717) is 10.1 Å². The number of aromatic nitrogens is 2. The van der Waals surface area contributed by atoms with Gasteiger partial charge in [0, 0.05) is 22.2 Å². The van der Waals surface area contributed by atoms with Crippen molar-refractivity contribution in [2.24, 2.45) is 0 Å². The number of hydrogen-bond donors (Lipinski definition) is 1. The fourth-order valence-electron chi connectivity index (χ4n) is 3.14. The van der Waals surface area contributed by atoms with Gasteiger partial charge in [0.15, 0.2) is 6.73 Å². The number of aryl methyl sites for hydroxylation is 1. The van der Waals surface area contributed by atoms with Gasteiger partial charge >= 0.3 is 13.9 Å². The lowest BCUT2D eigenvalue weighted by atomic mass is 9.95. The van der Waals surface area contributed by atoms with Crippen LogP contribution >= 0.6 is 8.25 Å². The molecule has 0 radical (unpaired) electrons. The Labute approximate surface area is 172 Å². The zero-order valence-corrected chi connectivity index (χ0v) is 17.8. The van der Waals surface area contributed by atoms with Gasteiger partial charge in [-0.2, -0.15) is 5.26 Å². The Morgan fingerprint density at radius 2 is 1.93 bits per heavy atom. The molecule has 2 rings (SSSR count). The molecule has 0 amide bonds. The van der Waals surface area contributed by atoms with Gasteiger partial charge in [-0.05, 0) is 43.5 Å². The van der Waals surface area contributed by atoms with Crippen LogP contribution in [0.1, 0.15) is 59.4 Å². The molecule has 11 heteroatoms. The van der Waals surface area contributed by atoms with Gasteiger partial charge in [0.1, 0.15) is 5.69 Å². The molecule has 0 aliphatic heterocycles. The van der Waals surface area contributed by atoms with E-state index < -0.39 is 37.9 Å². The van der Waals surface area contributed by atoms with E-state index in [2.05, 4.69) is 9.20 Å². The first kappa shape index (κ1) is 23.3. The highest BCUT2D eigenvalue weighted by atomic mass is 31.1. The maximum absolute atomic E-state index is 13.4. The van der Waals surface area contributed by atoms with Crippen LogP contribution in [0.2, 0.25) is 0 Å². The Bertz CT molecular complexity index is 1160. The number of carbonyl (C=O) groups excluding carboxylic acids is 1. The summed E-state index contributed by atoms with van der Waals surface area (Å²) in [7, 11) is -2.93. The molecule has 0 aliphatic carbocycles. The van der Waals surface area contributed by atoms with E-state index in [1.807, 2.05) is 6.07 Å². The molecule has 1 aromatic heterocycles. The van der Waals surface area contributed by atoms with Gasteiger partial charge in [0.05, 0.1) is 16.3 Å². The number of nitriles is 1. The third-order valence-electron chi connectivity index (χ3n) is 4.40. The van der Waals surface area contributed by atoms with E-state index in [-0.39, 0.29) is 28.9 Å². The number of rotatable bonds is 8. The summed E-state index contributed by atoms with van der Waals surface area (Å²) in [6.45, 7) is 6.08. The average Bonchev–Trinajstić information content (AvgIpc) is 2.71. The zero-order chi connectivity index (χ0) is 22.6. The predicted molar refractivity (Wildman–Crippen MR) is 106 cm³/mol. The van der Waals surface area contributed by atoms with Crippen LogP contribution in [0.5, 0.6) is 0 Å². The van der Waals surface area contributed by atoms with Gasteiger partial charge in [-0.1, -0.05) is 18.4 Å². The molecule has 1 atom stereocenters. The number of carbonyl (C=O) groups is 1. The quantitative estimate of drug-likeness (QED) is 0.289. The number of benzene rings is 1. The van der Waals surface area contributed by atoms with Crippen molar-refractivity contribution in [2.45, 2.75) is 46.9 Å². The van der Waals surface area contributed by atoms with Crippen molar-refractivity contribution in [2.75, 3.05) is 0 Å². The predicted octanol–water partition coefficient (Wildman–Crippen LogP) is 2.69. The van der Waals surface area contributed by atoms with Crippen LogP contribution in [-0.4, -0.2) is 20.2 Å². The van der Waals surface area contributed by atoms with Crippen LogP contribution in [0.3, 0.4) is 0 Å². The van der Waals surface area contributed by atoms with Crippen molar-refractivity contribution in [3.05, 3.63) is 67.0 Å². The zero-order valence-electron chi connectivity index (χ0n) is 16.9. The van der Waals surface area contributed by atoms with Gasteiger partial charge in [0.25, 0.3) is 5.56 Å². The molecule has 1 unspecified atom stereocenters. The molecule has 0 aliphatic rings. The van der Waals surface area contributed by atoms with Crippen LogP contribution in [0.15, 0.2) is 27.8 Å². The van der Waals surface area contributed by atoms with Crippen molar-refractivity contribution >= 4 is 14.0 Å². The van der Waals surface area contributed by atoms with Gasteiger partial charge in [-0.15, -0.1) is 0 Å². The lowest BCUT2D eigenvalue weighted by Crippen LogP contribution is -2.45. The van der Waals surface area contributed by atoms with Crippen LogP contribution < -0.4 is 11.2 Å². The second kappa shape index (κ2) is 9.69. The van der Waals surface area contributed by atoms with Gasteiger partial charge in [-0.3, -0.25) is 14.2 Å². The molecule has 0 saturated carbocycles. The summed E-state index contributed by atoms with van der Waals surface area (Å²) >= 11 is 0. The van der Waals surface area contributed by atoms with E-state index in [0.717, 1.165) is 4.57 Å². The Balaban J connectivity index is 2.79. The first-order valence-corrected chi connectivity index (χ1v) is 10.1. The molecule has 158 valence electrons. The highest BCUT2D eigenvalue weighted by Crippen LogP contribution is 2.23. The first-order valence-electron chi connectivity index (χ1n) is 9.01. The third-order valence-corrected chi connectivity index (χ3v) is 4.86. The second-order valence-corrected chi connectivity index (χ2v) is 7.64. The summed E-state index contributed by atoms with van der Waals surface area (Å²) in [6.07, 6.45) is 0. The highest BCUT2D eigenvalue weighted by Gasteiger charge is 2.28.